The highest BCUT2D eigenvalue weighted by Crippen LogP contribution is 2.30. The summed E-state index contributed by atoms with van der Waals surface area (Å²) in [6.07, 6.45) is 0. The van der Waals surface area contributed by atoms with Crippen LogP contribution in [0.4, 0.5) is 4.79 Å². The summed E-state index contributed by atoms with van der Waals surface area (Å²) in [6.45, 7) is 2.00. The molecule has 2 amide bonds. The van der Waals surface area contributed by atoms with E-state index in [-0.39, 0.29) is 18.5 Å². The number of urea groups is 1. The molecule has 0 bridgehead atoms. The number of amides is 2. The van der Waals surface area contributed by atoms with E-state index in [1.807, 2.05) is 17.5 Å². The van der Waals surface area contributed by atoms with Crippen molar-refractivity contribution < 1.29 is 14.3 Å². The van der Waals surface area contributed by atoms with Gasteiger partial charge in [0.2, 0.25) is 0 Å². The Bertz CT molecular complexity index is 513. The van der Waals surface area contributed by atoms with Crippen LogP contribution in [-0.2, 0) is 9.53 Å². The Labute approximate surface area is 119 Å². The number of carbonyl (C=O) groups excluding carboxylic acids is 2. The van der Waals surface area contributed by atoms with E-state index in [0.717, 1.165) is 4.88 Å². The molecule has 0 radical (unpaired) electrons. The van der Waals surface area contributed by atoms with E-state index in [2.05, 4.69) is 10.6 Å². The van der Waals surface area contributed by atoms with E-state index in [1.165, 1.54) is 11.3 Å². The lowest BCUT2D eigenvalue weighted by molar-refractivity contribution is -0.139. The van der Waals surface area contributed by atoms with Crippen molar-refractivity contribution in [3.63, 3.8) is 0 Å². The Morgan fingerprint density at radius 1 is 1.58 bits per heavy atom. The molecule has 1 atom stereocenters. The second-order valence-electron chi connectivity index (χ2n) is 3.79. The van der Waals surface area contributed by atoms with Gasteiger partial charge < -0.3 is 15.4 Å². The van der Waals surface area contributed by atoms with E-state index in [4.69, 9.17) is 16.3 Å². The summed E-state index contributed by atoms with van der Waals surface area (Å²) in [5.74, 6) is -0.423. The van der Waals surface area contributed by atoms with Crippen molar-refractivity contribution in [3.05, 3.63) is 33.7 Å². The number of hydrogen-bond donors (Lipinski definition) is 2. The van der Waals surface area contributed by atoms with Gasteiger partial charge >= 0.3 is 12.0 Å². The molecule has 0 aromatic carbocycles. The number of carbonyl (C=O) groups is 2. The van der Waals surface area contributed by atoms with Crippen molar-refractivity contribution in [1.82, 2.24) is 10.6 Å². The molecular weight excluding hydrogens is 288 g/mol. The van der Waals surface area contributed by atoms with E-state index in [0.29, 0.717) is 11.3 Å². The van der Waals surface area contributed by atoms with Crippen molar-refractivity contribution in [2.45, 2.75) is 13.0 Å². The maximum absolute atomic E-state index is 12.1. The van der Waals surface area contributed by atoms with Gasteiger partial charge in [-0.1, -0.05) is 6.07 Å². The molecule has 5 nitrogen and oxygen atoms in total. The van der Waals surface area contributed by atoms with Gasteiger partial charge in [0.25, 0.3) is 0 Å². The number of esters is 1. The minimum Gasteiger partial charge on any atom is -0.463 e. The van der Waals surface area contributed by atoms with Crippen molar-refractivity contribution >= 4 is 34.9 Å². The van der Waals surface area contributed by atoms with Gasteiger partial charge in [-0.3, -0.25) is 0 Å². The summed E-state index contributed by atoms with van der Waals surface area (Å²) in [4.78, 5) is 24.5. The third-order valence-corrected chi connectivity index (χ3v) is 3.81. The van der Waals surface area contributed by atoms with Gasteiger partial charge in [-0.05, 0) is 18.4 Å². The normalized spacial score (nSPS) is 18.8. The van der Waals surface area contributed by atoms with Gasteiger partial charge in [0.05, 0.1) is 24.1 Å². The number of rotatable bonds is 4. The average molecular weight is 301 g/mol. The van der Waals surface area contributed by atoms with Gasteiger partial charge in [-0.15, -0.1) is 22.9 Å². The number of alkyl halides is 1. The summed E-state index contributed by atoms with van der Waals surface area (Å²) in [6, 6.07) is 2.83. The Balaban J connectivity index is 2.43. The Morgan fingerprint density at radius 3 is 2.95 bits per heavy atom. The summed E-state index contributed by atoms with van der Waals surface area (Å²) in [5.41, 5.74) is 0.751. The second-order valence-corrected chi connectivity index (χ2v) is 5.04. The first kappa shape index (κ1) is 13.9. The summed E-state index contributed by atoms with van der Waals surface area (Å²) < 4.78 is 5.03. The Kier molecular flexibility index (Phi) is 4.44. The van der Waals surface area contributed by atoms with Crippen LogP contribution in [0.15, 0.2) is 28.8 Å². The topological polar surface area (TPSA) is 67.4 Å². The number of ether oxygens (including phenoxy) is 1. The first-order valence-corrected chi connectivity index (χ1v) is 7.15. The zero-order valence-electron chi connectivity index (χ0n) is 10.2. The number of allylic oxidation sites excluding steroid dienone is 1. The van der Waals surface area contributed by atoms with Crippen LogP contribution in [0.5, 0.6) is 0 Å². The molecule has 0 saturated heterocycles. The summed E-state index contributed by atoms with van der Waals surface area (Å²) in [7, 11) is 0. The zero-order chi connectivity index (χ0) is 13.8. The fourth-order valence-corrected chi connectivity index (χ4v) is 2.84. The highest BCUT2D eigenvalue weighted by molar-refractivity contribution is 7.10. The molecule has 1 aliphatic heterocycles. The minimum absolute atomic E-state index is 0.0451. The number of halogens is 1. The first-order chi connectivity index (χ1) is 9.17. The molecule has 7 heteroatoms. The number of hydrogen-bond acceptors (Lipinski definition) is 4. The molecule has 0 saturated carbocycles. The molecule has 0 fully saturated rings. The fraction of sp³-hybridized carbons (Fsp3) is 0.333. The fourth-order valence-electron chi connectivity index (χ4n) is 1.84. The predicted octanol–water partition coefficient (Wildman–Crippen LogP) is 2.16. The lowest BCUT2D eigenvalue weighted by Gasteiger charge is -2.27. The standard InChI is InChI=1S/C12H13ClN2O3S/c1-2-18-11(16)9-7(6-13)14-12(17)15-10(9)8-4-3-5-19-8/h3-5,10H,2,6H2,1H3,(H2,14,15,17)/t10-/m1/s1. The SMILES string of the molecule is CCOC(=O)C1=C(CCl)NC(=O)N[C@@H]1c1cccs1. The maximum Gasteiger partial charge on any atom is 0.338 e. The third-order valence-electron chi connectivity index (χ3n) is 2.61. The van der Waals surface area contributed by atoms with Crippen LogP contribution >= 0.6 is 22.9 Å². The lowest BCUT2D eigenvalue weighted by atomic mass is 10.0. The first-order valence-electron chi connectivity index (χ1n) is 5.74. The predicted molar refractivity (Wildman–Crippen MR) is 73.1 cm³/mol. The number of nitrogens with one attached hydrogen (secondary N) is 2. The van der Waals surface area contributed by atoms with Crippen molar-refractivity contribution in [2.75, 3.05) is 12.5 Å². The molecule has 1 aromatic rings. The van der Waals surface area contributed by atoms with Gasteiger partial charge in [0, 0.05) is 10.6 Å². The molecule has 102 valence electrons. The van der Waals surface area contributed by atoms with Crippen LogP contribution in [0.3, 0.4) is 0 Å². The van der Waals surface area contributed by atoms with Crippen LogP contribution < -0.4 is 10.6 Å². The van der Waals surface area contributed by atoms with Crippen LogP contribution in [0.1, 0.15) is 17.8 Å². The monoisotopic (exact) mass is 300 g/mol. The van der Waals surface area contributed by atoms with Gasteiger partial charge in [-0.25, -0.2) is 9.59 Å². The Morgan fingerprint density at radius 2 is 2.37 bits per heavy atom. The maximum atomic E-state index is 12.1. The Hall–Kier alpha value is -1.53. The van der Waals surface area contributed by atoms with Crippen LogP contribution in [0.25, 0.3) is 0 Å². The van der Waals surface area contributed by atoms with Crippen LogP contribution in [0, 0.1) is 0 Å². The van der Waals surface area contributed by atoms with E-state index >= 15 is 0 Å². The van der Waals surface area contributed by atoms with Crippen molar-refractivity contribution in [3.8, 4) is 0 Å². The molecule has 1 aliphatic rings. The highest BCUT2D eigenvalue weighted by atomic mass is 35.5. The molecule has 2 heterocycles. The van der Waals surface area contributed by atoms with E-state index < -0.39 is 12.0 Å². The highest BCUT2D eigenvalue weighted by Gasteiger charge is 2.33. The zero-order valence-corrected chi connectivity index (χ0v) is 11.8. The molecule has 0 spiro atoms. The molecule has 1 aromatic heterocycles. The van der Waals surface area contributed by atoms with Gasteiger partial charge in [0.15, 0.2) is 0 Å². The quantitative estimate of drug-likeness (QED) is 0.661. The molecule has 0 unspecified atom stereocenters. The van der Waals surface area contributed by atoms with E-state index in [1.54, 1.807) is 6.92 Å². The summed E-state index contributed by atoms with van der Waals surface area (Å²) >= 11 is 7.26. The molecule has 0 aliphatic carbocycles. The molecular formula is C12H13ClN2O3S. The molecule has 2 N–H and O–H groups in total. The smallest absolute Gasteiger partial charge is 0.338 e. The molecule has 19 heavy (non-hydrogen) atoms. The lowest BCUT2D eigenvalue weighted by Crippen LogP contribution is -2.46. The average Bonchev–Trinajstić information content (AvgIpc) is 2.91. The minimum atomic E-state index is -0.512. The largest absolute Gasteiger partial charge is 0.463 e. The van der Waals surface area contributed by atoms with Crippen LogP contribution in [0.2, 0.25) is 0 Å². The van der Waals surface area contributed by atoms with Gasteiger partial charge in [0.1, 0.15) is 0 Å². The third kappa shape index (κ3) is 2.90. The van der Waals surface area contributed by atoms with E-state index in [9.17, 15) is 9.59 Å². The molecule has 2 rings (SSSR count). The second kappa shape index (κ2) is 6.08. The number of thiophene rings is 1. The van der Waals surface area contributed by atoms with Gasteiger partial charge in [-0.2, -0.15) is 0 Å². The van der Waals surface area contributed by atoms with Crippen molar-refractivity contribution in [1.29, 1.82) is 0 Å². The summed E-state index contributed by atoms with van der Waals surface area (Å²) in [5, 5.41) is 7.15. The van der Waals surface area contributed by atoms with Crippen molar-refractivity contribution in [2.24, 2.45) is 0 Å². The van der Waals surface area contributed by atoms with Crippen LogP contribution in [-0.4, -0.2) is 24.5 Å².